The summed E-state index contributed by atoms with van der Waals surface area (Å²) in [5, 5.41) is 13.4. The van der Waals surface area contributed by atoms with Gasteiger partial charge in [-0.3, -0.25) is 0 Å². The SMILES string of the molecule is COC[C@@H](O)C[C@@H](NC(=S)c1ccccc1)c1ccccc1. The van der Waals surface area contributed by atoms with E-state index < -0.39 is 6.10 Å². The third-order valence-corrected chi connectivity index (χ3v) is 3.76. The second-order valence-electron chi connectivity index (χ2n) is 5.15. The lowest BCUT2D eigenvalue weighted by Gasteiger charge is -2.23. The molecule has 3 nitrogen and oxygen atoms in total. The highest BCUT2D eigenvalue weighted by molar-refractivity contribution is 7.80. The minimum absolute atomic E-state index is 0.0564. The van der Waals surface area contributed by atoms with Crippen molar-refractivity contribution in [3.05, 3.63) is 71.8 Å². The molecule has 2 atom stereocenters. The highest BCUT2D eigenvalue weighted by atomic mass is 32.1. The zero-order valence-corrected chi connectivity index (χ0v) is 13.4. The topological polar surface area (TPSA) is 41.5 Å². The molecule has 116 valence electrons. The van der Waals surface area contributed by atoms with E-state index in [4.69, 9.17) is 17.0 Å². The number of benzene rings is 2. The summed E-state index contributed by atoms with van der Waals surface area (Å²) in [6.07, 6.45) is -0.00792. The Bertz CT molecular complexity index is 574. The minimum Gasteiger partial charge on any atom is -0.391 e. The van der Waals surface area contributed by atoms with Crippen LogP contribution in [0.2, 0.25) is 0 Å². The van der Waals surface area contributed by atoms with Crippen LogP contribution in [0.5, 0.6) is 0 Å². The zero-order chi connectivity index (χ0) is 15.8. The normalized spacial score (nSPS) is 13.4. The van der Waals surface area contributed by atoms with Crippen LogP contribution < -0.4 is 5.32 Å². The van der Waals surface area contributed by atoms with E-state index in [1.807, 2.05) is 60.7 Å². The summed E-state index contributed by atoms with van der Waals surface area (Å²) in [7, 11) is 1.59. The fourth-order valence-electron chi connectivity index (χ4n) is 2.33. The van der Waals surface area contributed by atoms with Gasteiger partial charge in [0.25, 0.3) is 0 Å². The molecule has 0 spiro atoms. The average Bonchev–Trinajstić information content (AvgIpc) is 2.56. The molecule has 0 aliphatic rings. The van der Waals surface area contributed by atoms with Gasteiger partial charge >= 0.3 is 0 Å². The summed E-state index contributed by atoms with van der Waals surface area (Å²) in [5.41, 5.74) is 2.07. The van der Waals surface area contributed by atoms with Crippen molar-refractivity contribution in [2.24, 2.45) is 0 Å². The van der Waals surface area contributed by atoms with Gasteiger partial charge in [-0.05, 0) is 12.0 Å². The number of aliphatic hydroxyl groups excluding tert-OH is 1. The molecule has 0 heterocycles. The fraction of sp³-hybridized carbons (Fsp3) is 0.278. The summed E-state index contributed by atoms with van der Waals surface area (Å²) in [4.78, 5) is 0.680. The number of nitrogens with one attached hydrogen (secondary N) is 1. The molecule has 2 aromatic carbocycles. The lowest BCUT2D eigenvalue weighted by Crippen LogP contribution is -2.31. The van der Waals surface area contributed by atoms with Crippen LogP contribution in [0.15, 0.2) is 60.7 Å². The Morgan fingerprint density at radius 3 is 2.27 bits per heavy atom. The minimum atomic E-state index is -0.540. The molecule has 0 saturated carbocycles. The van der Waals surface area contributed by atoms with E-state index in [-0.39, 0.29) is 6.04 Å². The van der Waals surface area contributed by atoms with Crippen LogP contribution in [0.1, 0.15) is 23.6 Å². The molecule has 2 rings (SSSR count). The lowest BCUT2D eigenvalue weighted by atomic mass is 10.0. The number of rotatable bonds is 7. The lowest BCUT2D eigenvalue weighted by molar-refractivity contribution is 0.0536. The fourth-order valence-corrected chi connectivity index (χ4v) is 2.61. The van der Waals surface area contributed by atoms with Crippen molar-refractivity contribution >= 4 is 17.2 Å². The summed E-state index contributed by atoms with van der Waals surface area (Å²) < 4.78 is 5.02. The molecule has 2 N–H and O–H groups in total. The molecule has 0 aromatic heterocycles. The van der Waals surface area contributed by atoms with Crippen molar-refractivity contribution in [1.29, 1.82) is 0 Å². The molecule has 0 unspecified atom stereocenters. The highest BCUT2D eigenvalue weighted by Gasteiger charge is 2.17. The third-order valence-electron chi connectivity index (χ3n) is 3.41. The molecule has 0 aliphatic heterocycles. The van der Waals surface area contributed by atoms with Crippen molar-refractivity contribution in [2.45, 2.75) is 18.6 Å². The van der Waals surface area contributed by atoms with Gasteiger partial charge in [-0.2, -0.15) is 0 Å². The van der Waals surface area contributed by atoms with E-state index in [0.717, 1.165) is 11.1 Å². The Labute approximate surface area is 136 Å². The average molecular weight is 315 g/mol. The number of ether oxygens (including phenoxy) is 1. The first-order valence-corrected chi connectivity index (χ1v) is 7.69. The van der Waals surface area contributed by atoms with Gasteiger partial charge in [-0.15, -0.1) is 0 Å². The van der Waals surface area contributed by atoms with Crippen molar-refractivity contribution < 1.29 is 9.84 Å². The smallest absolute Gasteiger partial charge is 0.107 e. The maximum atomic E-state index is 10.1. The molecule has 0 bridgehead atoms. The number of hydrogen-bond acceptors (Lipinski definition) is 3. The van der Waals surface area contributed by atoms with E-state index in [9.17, 15) is 5.11 Å². The summed E-state index contributed by atoms with van der Waals surface area (Å²) in [5.74, 6) is 0. The van der Waals surface area contributed by atoms with E-state index in [1.165, 1.54) is 0 Å². The Morgan fingerprint density at radius 1 is 1.09 bits per heavy atom. The summed E-state index contributed by atoms with van der Waals surface area (Å²) in [6, 6.07) is 19.8. The van der Waals surface area contributed by atoms with Gasteiger partial charge in [0.15, 0.2) is 0 Å². The van der Waals surface area contributed by atoms with E-state index in [2.05, 4.69) is 5.32 Å². The molecule has 22 heavy (non-hydrogen) atoms. The molecule has 0 radical (unpaired) electrons. The van der Waals surface area contributed by atoms with Gasteiger partial charge in [0.05, 0.1) is 18.8 Å². The molecule has 0 fully saturated rings. The highest BCUT2D eigenvalue weighted by Crippen LogP contribution is 2.19. The monoisotopic (exact) mass is 315 g/mol. The van der Waals surface area contributed by atoms with Crippen molar-refractivity contribution in [3.8, 4) is 0 Å². The largest absolute Gasteiger partial charge is 0.391 e. The van der Waals surface area contributed by atoms with Gasteiger partial charge in [0, 0.05) is 12.7 Å². The number of aliphatic hydroxyl groups is 1. The van der Waals surface area contributed by atoms with E-state index in [0.29, 0.717) is 18.0 Å². The number of methoxy groups -OCH3 is 1. The Kier molecular flexibility index (Phi) is 6.52. The first-order valence-electron chi connectivity index (χ1n) is 7.28. The van der Waals surface area contributed by atoms with Gasteiger partial charge in [0.1, 0.15) is 4.99 Å². The number of thiocarbonyl (C=S) groups is 1. The Balaban J connectivity index is 2.12. The van der Waals surface area contributed by atoms with Crippen LogP contribution in [0.3, 0.4) is 0 Å². The van der Waals surface area contributed by atoms with Gasteiger partial charge in [0.2, 0.25) is 0 Å². The number of hydrogen-bond donors (Lipinski definition) is 2. The standard InChI is InChI=1S/C18H21NO2S/c1-21-13-16(20)12-17(14-8-4-2-5-9-14)19-18(22)15-10-6-3-7-11-15/h2-11,16-17,20H,12-13H2,1H3,(H,19,22)/t16-,17+/m0/s1. The van der Waals surface area contributed by atoms with Crippen molar-refractivity contribution in [2.75, 3.05) is 13.7 Å². The van der Waals surface area contributed by atoms with Crippen molar-refractivity contribution in [1.82, 2.24) is 5.32 Å². The summed E-state index contributed by atoms with van der Waals surface area (Å²) in [6.45, 7) is 0.309. The van der Waals surface area contributed by atoms with Crippen LogP contribution >= 0.6 is 12.2 Å². The Hall–Kier alpha value is -1.75. The predicted molar refractivity (Wildman–Crippen MR) is 93.0 cm³/mol. The molecular formula is C18H21NO2S. The third kappa shape index (κ3) is 4.91. The molecular weight excluding hydrogens is 294 g/mol. The Morgan fingerprint density at radius 2 is 1.68 bits per heavy atom. The molecule has 0 amide bonds. The van der Waals surface area contributed by atoms with Crippen LogP contribution in [-0.4, -0.2) is 29.9 Å². The first-order chi connectivity index (χ1) is 10.7. The van der Waals surface area contributed by atoms with Crippen molar-refractivity contribution in [3.63, 3.8) is 0 Å². The zero-order valence-electron chi connectivity index (χ0n) is 12.6. The molecule has 2 aromatic rings. The molecule has 0 saturated heterocycles. The summed E-state index contributed by atoms with van der Waals surface area (Å²) >= 11 is 5.49. The molecule has 4 heteroatoms. The van der Waals surface area contributed by atoms with Gasteiger partial charge in [-0.25, -0.2) is 0 Å². The van der Waals surface area contributed by atoms with Crippen LogP contribution in [0.25, 0.3) is 0 Å². The van der Waals surface area contributed by atoms with Crippen LogP contribution in [0.4, 0.5) is 0 Å². The second kappa shape index (κ2) is 8.63. The predicted octanol–water partition coefficient (Wildman–Crippen LogP) is 3.09. The van der Waals surface area contributed by atoms with E-state index >= 15 is 0 Å². The maximum absolute atomic E-state index is 10.1. The quantitative estimate of drug-likeness (QED) is 0.771. The van der Waals surface area contributed by atoms with Gasteiger partial charge < -0.3 is 15.2 Å². The van der Waals surface area contributed by atoms with Crippen LogP contribution in [0, 0.1) is 0 Å². The first kappa shape index (κ1) is 16.6. The van der Waals surface area contributed by atoms with E-state index in [1.54, 1.807) is 7.11 Å². The second-order valence-corrected chi connectivity index (χ2v) is 5.56. The maximum Gasteiger partial charge on any atom is 0.107 e. The van der Waals surface area contributed by atoms with Crippen LogP contribution in [-0.2, 0) is 4.74 Å². The molecule has 0 aliphatic carbocycles. The van der Waals surface area contributed by atoms with Gasteiger partial charge in [-0.1, -0.05) is 72.9 Å².